The molecule has 1 atom stereocenters. The molecular formula is C18H27N3O. The van der Waals surface area contributed by atoms with Crippen LogP contribution in [0.15, 0.2) is 24.3 Å². The number of nitriles is 1. The van der Waals surface area contributed by atoms with Crippen molar-refractivity contribution in [3.05, 3.63) is 35.4 Å². The molecule has 0 spiro atoms. The molecule has 1 heterocycles. The van der Waals surface area contributed by atoms with Crippen molar-refractivity contribution in [3.8, 4) is 6.07 Å². The minimum absolute atomic E-state index is 0.226. The van der Waals surface area contributed by atoms with Crippen molar-refractivity contribution in [3.63, 3.8) is 0 Å². The molecule has 2 rings (SSSR count). The summed E-state index contributed by atoms with van der Waals surface area (Å²) in [6.07, 6.45) is 2.20. The molecule has 0 aromatic heterocycles. The first kappa shape index (κ1) is 17.0. The van der Waals surface area contributed by atoms with E-state index in [1.165, 1.54) is 18.4 Å². The minimum atomic E-state index is -0.226. The van der Waals surface area contributed by atoms with Crippen LogP contribution in [0.25, 0.3) is 0 Å². The van der Waals surface area contributed by atoms with Crippen LogP contribution in [0.5, 0.6) is 0 Å². The zero-order valence-corrected chi connectivity index (χ0v) is 13.7. The van der Waals surface area contributed by atoms with Gasteiger partial charge in [-0.1, -0.05) is 12.1 Å². The monoisotopic (exact) mass is 301 g/mol. The lowest BCUT2D eigenvalue weighted by Gasteiger charge is -2.34. The number of aliphatic hydroxyl groups is 1. The van der Waals surface area contributed by atoms with Crippen LogP contribution in [-0.2, 0) is 6.54 Å². The van der Waals surface area contributed by atoms with Gasteiger partial charge in [0.05, 0.1) is 17.7 Å². The number of piperidine rings is 1. The molecule has 1 saturated heterocycles. The Morgan fingerprint density at radius 2 is 1.95 bits per heavy atom. The molecule has 1 fully saturated rings. The normalized spacial score (nSPS) is 18.3. The van der Waals surface area contributed by atoms with Crippen LogP contribution < -0.4 is 0 Å². The van der Waals surface area contributed by atoms with Crippen molar-refractivity contribution in [2.24, 2.45) is 5.92 Å². The van der Waals surface area contributed by atoms with E-state index in [2.05, 4.69) is 22.9 Å². The molecule has 1 aromatic rings. The van der Waals surface area contributed by atoms with E-state index in [-0.39, 0.29) is 6.10 Å². The number of nitrogens with zero attached hydrogens (tertiary/aromatic N) is 3. The predicted octanol–water partition coefficient (Wildman–Crippen LogP) is 2.08. The van der Waals surface area contributed by atoms with Gasteiger partial charge in [-0.15, -0.1) is 0 Å². The number of aliphatic hydroxyl groups excluding tert-OH is 1. The number of rotatable bonds is 6. The van der Waals surface area contributed by atoms with Gasteiger partial charge in [-0.25, -0.2) is 0 Å². The maximum atomic E-state index is 9.45. The first-order chi connectivity index (χ1) is 10.6. The summed E-state index contributed by atoms with van der Waals surface area (Å²) in [5, 5.41) is 18.3. The summed E-state index contributed by atoms with van der Waals surface area (Å²) in [6.45, 7) is 6.90. The molecular weight excluding hydrogens is 274 g/mol. The summed E-state index contributed by atoms with van der Waals surface area (Å²) in [4.78, 5) is 4.73. The minimum Gasteiger partial charge on any atom is -0.392 e. The first-order valence-electron chi connectivity index (χ1n) is 8.15. The lowest BCUT2D eigenvalue weighted by Crippen LogP contribution is -2.40. The lowest BCUT2D eigenvalue weighted by molar-refractivity contribution is 0.0919. The Balaban J connectivity index is 1.73. The fourth-order valence-corrected chi connectivity index (χ4v) is 3.23. The van der Waals surface area contributed by atoms with Crippen LogP contribution in [0, 0.1) is 17.2 Å². The molecule has 0 radical (unpaired) electrons. The number of hydrogen-bond donors (Lipinski definition) is 1. The van der Waals surface area contributed by atoms with E-state index in [0.29, 0.717) is 0 Å². The van der Waals surface area contributed by atoms with Crippen LogP contribution >= 0.6 is 0 Å². The molecule has 4 nitrogen and oxygen atoms in total. The first-order valence-corrected chi connectivity index (χ1v) is 8.15. The van der Waals surface area contributed by atoms with E-state index in [4.69, 9.17) is 5.26 Å². The average Bonchev–Trinajstić information content (AvgIpc) is 2.49. The van der Waals surface area contributed by atoms with Crippen LogP contribution in [0.1, 0.15) is 30.9 Å². The van der Waals surface area contributed by atoms with Crippen LogP contribution in [0.2, 0.25) is 0 Å². The topological polar surface area (TPSA) is 50.5 Å². The predicted molar refractivity (Wildman–Crippen MR) is 88.3 cm³/mol. The van der Waals surface area contributed by atoms with E-state index in [1.54, 1.807) is 0 Å². The zero-order chi connectivity index (χ0) is 15.9. The van der Waals surface area contributed by atoms with Crippen molar-refractivity contribution in [1.29, 1.82) is 5.26 Å². The Labute approximate surface area is 134 Å². The molecule has 0 aliphatic carbocycles. The Morgan fingerprint density at radius 3 is 2.50 bits per heavy atom. The number of benzene rings is 1. The van der Waals surface area contributed by atoms with Gasteiger partial charge in [0.2, 0.25) is 0 Å². The van der Waals surface area contributed by atoms with Gasteiger partial charge in [0, 0.05) is 19.6 Å². The molecule has 0 bridgehead atoms. The van der Waals surface area contributed by atoms with Gasteiger partial charge in [0.15, 0.2) is 0 Å². The standard InChI is InChI=1S/C18H27N3O/c1-15(22)12-21-9-7-18(8-10-21)14-20(2)13-17-5-3-16(11-19)4-6-17/h3-6,15,18,22H,7-10,12-14H2,1-2H3/t15-/m0/s1. The van der Waals surface area contributed by atoms with E-state index in [1.807, 2.05) is 31.2 Å². The van der Waals surface area contributed by atoms with Gasteiger partial charge in [-0.05, 0) is 63.5 Å². The van der Waals surface area contributed by atoms with Gasteiger partial charge < -0.3 is 14.9 Å². The fraction of sp³-hybridized carbons (Fsp3) is 0.611. The van der Waals surface area contributed by atoms with Crippen molar-refractivity contribution >= 4 is 0 Å². The third kappa shape index (κ3) is 5.42. The third-order valence-corrected chi connectivity index (χ3v) is 4.33. The second-order valence-electron chi connectivity index (χ2n) is 6.60. The quantitative estimate of drug-likeness (QED) is 0.874. The van der Waals surface area contributed by atoms with Crippen LogP contribution in [0.4, 0.5) is 0 Å². The highest BCUT2D eigenvalue weighted by Crippen LogP contribution is 2.19. The average molecular weight is 301 g/mol. The number of hydrogen-bond acceptors (Lipinski definition) is 4. The summed E-state index contributed by atoms with van der Waals surface area (Å²) >= 11 is 0. The maximum Gasteiger partial charge on any atom is 0.0991 e. The van der Waals surface area contributed by atoms with Gasteiger partial charge in [0.1, 0.15) is 0 Å². The second kappa shape index (κ2) is 8.28. The van der Waals surface area contributed by atoms with Crippen molar-refractivity contribution in [2.45, 2.75) is 32.4 Å². The summed E-state index contributed by atoms with van der Waals surface area (Å²) in [5.41, 5.74) is 1.98. The highest BCUT2D eigenvalue weighted by Gasteiger charge is 2.21. The molecule has 1 N–H and O–H groups in total. The van der Waals surface area contributed by atoms with E-state index < -0.39 is 0 Å². The Bertz CT molecular complexity index is 484. The molecule has 1 aliphatic heterocycles. The molecule has 0 saturated carbocycles. The molecule has 22 heavy (non-hydrogen) atoms. The van der Waals surface area contributed by atoms with Crippen molar-refractivity contribution in [2.75, 3.05) is 33.2 Å². The third-order valence-electron chi connectivity index (χ3n) is 4.33. The van der Waals surface area contributed by atoms with Crippen molar-refractivity contribution < 1.29 is 5.11 Å². The van der Waals surface area contributed by atoms with Crippen LogP contribution in [0.3, 0.4) is 0 Å². The van der Waals surface area contributed by atoms with E-state index >= 15 is 0 Å². The Hall–Kier alpha value is -1.41. The van der Waals surface area contributed by atoms with Gasteiger partial charge in [0.25, 0.3) is 0 Å². The second-order valence-corrected chi connectivity index (χ2v) is 6.60. The number of β-amino-alcohol motifs (C(OH)–C–C–N with tert-alkyl or cyclic N) is 1. The number of likely N-dealkylation sites (tertiary alicyclic amines) is 1. The summed E-state index contributed by atoms with van der Waals surface area (Å²) in [7, 11) is 2.17. The smallest absolute Gasteiger partial charge is 0.0991 e. The fourth-order valence-electron chi connectivity index (χ4n) is 3.23. The lowest BCUT2D eigenvalue weighted by atomic mass is 9.96. The van der Waals surface area contributed by atoms with Gasteiger partial charge in [-0.3, -0.25) is 0 Å². The largest absolute Gasteiger partial charge is 0.392 e. The Morgan fingerprint density at radius 1 is 1.32 bits per heavy atom. The maximum absolute atomic E-state index is 9.45. The summed E-state index contributed by atoms with van der Waals surface area (Å²) in [5.74, 6) is 0.744. The molecule has 0 unspecified atom stereocenters. The van der Waals surface area contributed by atoms with Gasteiger partial charge >= 0.3 is 0 Å². The van der Waals surface area contributed by atoms with Gasteiger partial charge in [-0.2, -0.15) is 5.26 Å². The van der Waals surface area contributed by atoms with E-state index in [0.717, 1.165) is 44.2 Å². The molecule has 4 heteroatoms. The molecule has 1 aliphatic rings. The SMILES string of the molecule is C[C@H](O)CN1CCC(CN(C)Cc2ccc(C#N)cc2)CC1. The molecule has 120 valence electrons. The molecule has 1 aromatic carbocycles. The zero-order valence-electron chi connectivity index (χ0n) is 13.7. The highest BCUT2D eigenvalue weighted by atomic mass is 16.3. The van der Waals surface area contributed by atoms with Crippen molar-refractivity contribution in [1.82, 2.24) is 9.80 Å². The summed E-state index contributed by atoms with van der Waals surface area (Å²) in [6, 6.07) is 10.0. The Kier molecular flexibility index (Phi) is 6.38. The highest BCUT2D eigenvalue weighted by molar-refractivity contribution is 5.31. The molecule has 0 amide bonds. The van der Waals surface area contributed by atoms with Crippen LogP contribution in [-0.4, -0.2) is 54.2 Å². The summed E-state index contributed by atoms with van der Waals surface area (Å²) < 4.78 is 0. The van der Waals surface area contributed by atoms with E-state index in [9.17, 15) is 5.11 Å².